The number of aliphatic hydroxyl groups is 1. The van der Waals surface area contributed by atoms with Gasteiger partial charge in [-0.1, -0.05) is 25.5 Å². The number of aliphatic hydroxyl groups excluding tert-OH is 1. The molecule has 1 N–H and O–H groups in total. The highest BCUT2D eigenvalue weighted by atomic mass is 32.2. The van der Waals surface area contributed by atoms with Crippen molar-refractivity contribution in [3.63, 3.8) is 0 Å². The topological polar surface area (TPSA) is 57.6 Å². The Kier molecular flexibility index (Phi) is 4.60. The summed E-state index contributed by atoms with van der Waals surface area (Å²) in [6.45, 7) is 3.03. The van der Waals surface area contributed by atoms with E-state index in [1.165, 1.54) is 0 Å². The third-order valence-corrected chi connectivity index (χ3v) is 5.61. The normalized spacial score (nSPS) is 17.6. The van der Waals surface area contributed by atoms with Crippen molar-refractivity contribution in [2.75, 3.05) is 13.1 Å². The number of hydrogen-bond donors (Lipinski definition) is 1. The highest BCUT2D eigenvalue weighted by Crippen LogP contribution is 2.25. The second kappa shape index (κ2) is 6.03. The SMILES string of the molecule is CCc1ccc(CO)cc1S(=O)(=O)N1CCCCC1. The number of aryl methyl sites for hydroxylation is 1. The molecule has 0 aromatic heterocycles. The van der Waals surface area contributed by atoms with Gasteiger partial charge < -0.3 is 5.11 Å². The molecule has 0 amide bonds. The van der Waals surface area contributed by atoms with E-state index in [4.69, 9.17) is 0 Å². The molecule has 1 aromatic rings. The summed E-state index contributed by atoms with van der Waals surface area (Å²) in [5.74, 6) is 0. The smallest absolute Gasteiger partial charge is 0.243 e. The standard InChI is InChI=1S/C14H21NO3S/c1-2-13-7-6-12(11-16)10-14(13)19(17,18)15-8-4-3-5-9-15/h6-7,10,16H,2-5,8-9,11H2,1H3. The van der Waals surface area contributed by atoms with E-state index in [0.29, 0.717) is 30.0 Å². The molecule has 0 saturated carbocycles. The molecule has 0 unspecified atom stereocenters. The lowest BCUT2D eigenvalue weighted by Crippen LogP contribution is -2.36. The Balaban J connectivity index is 2.43. The molecule has 1 aromatic carbocycles. The van der Waals surface area contributed by atoms with Crippen molar-refractivity contribution in [2.24, 2.45) is 0 Å². The predicted molar refractivity (Wildman–Crippen MR) is 74.4 cm³/mol. The van der Waals surface area contributed by atoms with Gasteiger partial charge in [0.1, 0.15) is 0 Å². The molecule has 1 aliphatic heterocycles. The lowest BCUT2D eigenvalue weighted by atomic mass is 10.1. The molecule has 0 aliphatic carbocycles. The van der Waals surface area contributed by atoms with Crippen LogP contribution in [0, 0.1) is 0 Å². The molecule has 1 saturated heterocycles. The van der Waals surface area contributed by atoms with Crippen LogP contribution in [0.4, 0.5) is 0 Å². The van der Waals surface area contributed by atoms with Crippen molar-refractivity contribution in [1.29, 1.82) is 0 Å². The maximum atomic E-state index is 12.7. The Hall–Kier alpha value is -0.910. The van der Waals surface area contributed by atoms with Crippen LogP contribution in [0.15, 0.2) is 23.1 Å². The van der Waals surface area contributed by atoms with E-state index in [2.05, 4.69) is 0 Å². The van der Waals surface area contributed by atoms with Gasteiger partial charge in [-0.15, -0.1) is 0 Å². The molecule has 2 rings (SSSR count). The quantitative estimate of drug-likeness (QED) is 0.918. The zero-order valence-corrected chi connectivity index (χ0v) is 12.1. The molecule has 5 heteroatoms. The summed E-state index contributed by atoms with van der Waals surface area (Å²) in [4.78, 5) is 0.364. The van der Waals surface area contributed by atoms with E-state index in [-0.39, 0.29) is 6.61 Å². The lowest BCUT2D eigenvalue weighted by molar-refractivity contribution is 0.281. The minimum atomic E-state index is -3.42. The second-order valence-corrected chi connectivity index (χ2v) is 6.82. The fourth-order valence-electron chi connectivity index (χ4n) is 2.47. The molecule has 1 fully saturated rings. The molecule has 19 heavy (non-hydrogen) atoms. The Morgan fingerprint density at radius 3 is 2.47 bits per heavy atom. The predicted octanol–water partition coefficient (Wildman–Crippen LogP) is 1.92. The van der Waals surface area contributed by atoms with Gasteiger partial charge in [0, 0.05) is 13.1 Å². The summed E-state index contributed by atoms with van der Waals surface area (Å²) in [6.07, 6.45) is 3.64. The molecular weight excluding hydrogens is 262 g/mol. The highest BCUT2D eigenvalue weighted by Gasteiger charge is 2.27. The number of benzene rings is 1. The average Bonchev–Trinajstić information content (AvgIpc) is 2.47. The maximum absolute atomic E-state index is 12.7. The Bertz CT molecular complexity index is 534. The number of sulfonamides is 1. The van der Waals surface area contributed by atoms with E-state index in [1.54, 1.807) is 16.4 Å². The first-order chi connectivity index (χ1) is 9.09. The van der Waals surface area contributed by atoms with E-state index < -0.39 is 10.0 Å². The summed E-state index contributed by atoms with van der Waals surface area (Å²) in [5.41, 5.74) is 1.47. The monoisotopic (exact) mass is 283 g/mol. The molecule has 0 spiro atoms. The van der Waals surface area contributed by atoms with Gasteiger partial charge in [-0.05, 0) is 36.5 Å². The van der Waals surface area contributed by atoms with E-state index >= 15 is 0 Å². The molecule has 0 atom stereocenters. The van der Waals surface area contributed by atoms with Gasteiger partial charge in [-0.3, -0.25) is 0 Å². The van der Waals surface area contributed by atoms with Gasteiger partial charge in [-0.2, -0.15) is 4.31 Å². The van der Waals surface area contributed by atoms with Crippen LogP contribution in [-0.2, 0) is 23.1 Å². The summed E-state index contributed by atoms with van der Waals surface area (Å²) in [7, 11) is -3.42. The zero-order valence-electron chi connectivity index (χ0n) is 11.3. The van der Waals surface area contributed by atoms with Crippen LogP contribution in [0.1, 0.15) is 37.3 Å². The fraction of sp³-hybridized carbons (Fsp3) is 0.571. The highest BCUT2D eigenvalue weighted by molar-refractivity contribution is 7.89. The third-order valence-electron chi connectivity index (χ3n) is 3.63. The maximum Gasteiger partial charge on any atom is 0.243 e. The minimum absolute atomic E-state index is 0.132. The van der Waals surface area contributed by atoms with Crippen LogP contribution < -0.4 is 0 Å². The molecule has 1 heterocycles. The van der Waals surface area contributed by atoms with Gasteiger partial charge in [0.25, 0.3) is 0 Å². The molecule has 0 radical (unpaired) electrons. The fourth-order valence-corrected chi connectivity index (χ4v) is 4.33. The number of piperidine rings is 1. The summed E-state index contributed by atoms with van der Waals surface area (Å²) in [6, 6.07) is 5.21. The zero-order chi connectivity index (χ0) is 13.9. The molecule has 0 bridgehead atoms. The van der Waals surface area contributed by atoms with Crippen molar-refractivity contribution in [2.45, 2.75) is 44.1 Å². The first-order valence-electron chi connectivity index (χ1n) is 6.82. The van der Waals surface area contributed by atoms with Crippen LogP contribution in [0.25, 0.3) is 0 Å². The number of hydrogen-bond acceptors (Lipinski definition) is 3. The van der Waals surface area contributed by atoms with Gasteiger partial charge in [0.2, 0.25) is 10.0 Å². The van der Waals surface area contributed by atoms with E-state index in [1.807, 2.05) is 13.0 Å². The van der Waals surface area contributed by atoms with Gasteiger partial charge in [0.15, 0.2) is 0 Å². The van der Waals surface area contributed by atoms with Crippen LogP contribution in [-0.4, -0.2) is 30.9 Å². The third kappa shape index (κ3) is 2.99. The molecule has 1 aliphatic rings. The Morgan fingerprint density at radius 2 is 1.89 bits per heavy atom. The number of nitrogens with zero attached hydrogens (tertiary/aromatic N) is 1. The van der Waals surface area contributed by atoms with Crippen molar-refractivity contribution in [3.05, 3.63) is 29.3 Å². The molecule has 4 nitrogen and oxygen atoms in total. The average molecular weight is 283 g/mol. The van der Waals surface area contributed by atoms with Gasteiger partial charge in [0.05, 0.1) is 11.5 Å². The van der Waals surface area contributed by atoms with Crippen molar-refractivity contribution >= 4 is 10.0 Å². The summed E-state index contributed by atoms with van der Waals surface area (Å²) < 4.78 is 26.9. The van der Waals surface area contributed by atoms with Crippen LogP contribution in [0.3, 0.4) is 0 Å². The first kappa shape index (κ1) is 14.5. The van der Waals surface area contributed by atoms with Crippen LogP contribution in [0.2, 0.25) is 0 Å². The van der Waals surface area contributed by atoms with Gasteiger partial charge in [-0.25, -0.2) is 8.42 Å². The molecular formula is C14H21NO3S. The van der Waals surface area contributed by atoms with E-state index in [9.17, 15) is 13.5 Å². The second-order valence-electron chi connectivity index (χ2n) is 4.92. The first-order valence-corrected chi connectivity index (χ1v) is 8.26. The van der Waals surface area contributed by atoms with Crippen molar-refractivity contribution < 1.29 is 13.5 Å². The van der Waals surface area contributed by atoms with E-state index in [0.717, 1.165) is 24.8 Å². The summed E-state index contributed by atoms with van der Waals surface area (Å²) in [5, 5.41) is 9.19. The minimum Gasteiger partial charge on any atom is -0.392 e. The molecule has 106 valence electrons. The van der Waals surface area contributed by atoms with Gasteiger partial charge >= 0.3 is 0 Å². The van der Waals surface area contributed by atoms with Crippen molar-refractivity contribution in [1.82, 2.24) is 4.31 Å². The largest absolute Gasteiger partial charge is 0.392 e. The summed E-state index contributed by atoms with van der Waals surface area (Å²) >= 11 is 0. The van der Waals surface area contributed by atoms with Crippen LogP contribution in [0.5, 0.6) is 0 Å². The Morgan fingerprint density at radius 1 is 1.21 bits per heavy atom. The number of rotatable bonds is 4. The lowest BCUT2D eigenvalue weighted by Gasteiger charge is -2.27. The van der Waals surface area contributed by atoms with Crippen molar-refractivity contribution in [3.8, 4) is 0 Å². The van der Waals surface area contributed by atoms with Crippen LogP contribution >= 0.6 is 0 Å². The Labute approximate surface area is 115 Å².